The SMILES string of the molecule is Cc1ccc(S(=O)(=O)N2CCCC(=O)c3cc(C)ncc32)cc1. The average Bonchev–Trinajstić information content (AvgIpc) is 2.67. The number of Topliss-reactive ketones (excluding diaryl/α,β-unsaturated/α-hetero) is 1. The smallest absolute Gasteiger partial charge is 0.264 e. The van der Waals surface area contributed by atoms with Gasteiger partial charge in [0.25, 0.3) is 10.0 Å². The quantitative estimate of drug-likeness (QED) is 0.849. The van der Waals surface area contributed by atoms with Crippen LogP contribution in [0.15, 0.2) is 41.4 Å². The fraction of sp³-hybridized carbons (Fsp3) is 0.294. The van der Waals surface area contributed by atoms with Crippen LogP contribution in [0.5, 0.6) is 0 Å². The van der Waals surface area contributed by atoms with E-state index < -0.39 is 10.0 Å². The minimum Gasteiger partial charge on any atom is -0.294 e. The number of aryl methyl sites for hydroxylation is 2. The predicted molar refractivity (Wildman–Crippen MR) is 88.2 cm³/mol. The molecule has 1 aliphatic heterocycles. The number of hydrogen-bond donors (Lipinski definition) is 0. The Morgan fingerprint density at radius 1 is 1.13 bits per heavy atom. The van der Waals surface area contributed by atoms with Crippen LogP contribution in [0, 0.1) is 13.8 Å². The first-order valence-corrected chi connectivity index (χ1v) is 8.93. The molecule has 0 aliphatic carbocycles. The summed E-state index contributed by atoms with van der Waals surface area (Å²) in [6.07, 6.45) is 2.33. The third kappa shape index (κ3) is 2.86. The second kappa shape index (κ2) is 5.77. The largest absolute Gasteiger partial charge is 0.294 e. The molecule has 0 unspecified atom stereocenters. The number of benzene rings is 1. The highest BCUT2D eigenvalue weighted by Gasteiger charge is 2.30. The van der Waals surface area contributed by atoms with Gasteiger partial charge in [-0.3, -0.25) is 14.1 Å². The van der Waals surface area contributed by atoms with E-state index in [9.17, 15) is 13.2 Å². The Kier molecular flexibility index (Phi) is 3.93. The van der Waals surface area contributed by atoms with Gasteiger partial charge in [-0.1, -0.05) is 17.7 Å². The highest BCUT2D eigenvalue weighted by Crippen LogP contribution is 2.31. The molecule has 0 saturated carbocycles. The number of hydrogen-bond acceptors (Lipinski definition) is 4. The zero-order chi connectivity index (χ0) is 16.6. The summed E-state index contributed by atoms with van der Waals surface area (Å²) in [5, 5.41) is 0. The average molecular weight is 330 g/mol. The molecule has 2 heterocycles. The van der Waals surface area contributed by atoms with Crippen molar-refractivity contribution in [2.45, 2.75) is 31.6 Å². The highest BCUT2D eigenvalue weighted by molar-refractivity contribution is 7.92. The molecule has 2 aromatic rings. The molecule has 0 bridgehead atoms. The molecule has 1 aromatic heterocycles. The van der Waals surface area contributed by atoms with Crippen molar-refractivity contribution in [3.8, 4) is 0 Å². The Balaban J connectivity index is 2.14. The summed E-state index contributed by atoms with van der Waals surface area (Å²) in [4.78, 5) is 16.7. The topological polar surface area (TPSA) is 67.3 Å². The van der Waals surface area contributed by atoms with Crippen molar-refractivity contribution >= 4 is 21.5 Å². The Morgan fingerprint density at radius 2 is 1.83 bits per heavy atom. The summed E-state index contributed by atoms with van der Waals surface area (Å²) >= 11 is 0. The number of carbonyl (C=O) groups excluding carboxylic acids is 1. The number of ketones is 1. The maximum absolute atomic E-state index is 13.0. The Bertz CT molecular complexity index is 858. The normalized spacial score (nSPS) is 15.2. The standard InChI is InChI=1S/C17H18N2O3S/c1-12-5-7-14(8-6-12)23(21,22)19-9-3-4-17(20)15-10-13(2)18-11-16(15)19/h5-8,10-11H,3-4,9H2,1-2H3. The fourth-order valence-corrected chi connectivity index (χ4v) is 4.21. The summed E-state index contributed by atoms with van der Waals surface area (Å²) in [7, 11) is -3.71. The zero-order valence-electron chi connectivity index (χ0n) is 13.1. The van der Waals surface area contributed by atoms with E-state index in [-0.39, 0.29) is 17.2 Å². The van der Waals surface area contributed by atoms with Gasteiger partial charge in [-0.25, -0.2) is 8.42 Å². The van der Waals surface area contributed by atoms with Gasteiger partial charge < -0.3 is 0 Å². The van der Waals surface area contributed by atoms with Crippen LogP contribution in [-0.4, -0.2) is 25.7 Å². The van der Waals surface area contributed by atoms with E-state index >= 15 is 0 Å². The number of aromatic nitrogens is 1. The van der Waals surface area contributed by atoms with Crippen LogP contribution >= 0.6 is 0 Å². The van der Waals surface area contributed by atoms with Crippen LogP contribution in [0.1, 0.15) is 34.5 Å². The highest BCUT2D eigenvalue weighted by atomic mass is 32.2. The lowest BCUT2D eigenvalue weighted by atomic mass is 10.1. The molecule has 0 atom stereocenters. The van der Waals surface area contributed by atoms with Crippen LogP contribution in [0.25, 0.3) is 0 Å². The van der Waals surface area contributed by atoms with E-state index in [0.29, 0.717) is 29.8 Å². The van der Waals surface area contributed by atoms with Gasteiger partial charge in [-0.05, 0) is 38.5 Å². The summed E-state index contributed by atoms with van der Waals surface area (Å²) in [6, 6.07) is 8.40. The molecule has 0 fully saturated rings. The third-order valence-electron chi connectivity index (χ3n) is 3.96. The molecule has 1 aliphatic rings. The third-order valence-corrected chi connectivity index (χ3v) is 5.79. The lowest BCUT2D eigenvalue weighted by Crippen LogP contribution is -2.32. The second-order valence-electron chi connectivity index (χ2n) is 5.76. The first kappa shape index (κ1) is 15.7. The Morgan fingerprint density at radius 3 is 2.52 bits per heavy atom. The van der Waals surface area contributed by atoms with Gasteiger partial charge in [0, 0.05) is 24.2 Å². The molecule has 0 amide bonds. The van der Waals surface area contributed by atoms with E-state index in [2.05, 4.69) is 4.98 Å². The fourth-order valence-electron chi connectivity index (χ4n) is 2.70. The van der Waals surface area contributed by atoms with Crippen molar-refractivity contribution < 1.29 is 13.2 Å². The molecule has 120 valence electrons. The molecule has 3 rings (SSSR count). The van der Waals surface area contributed by atoms with E-state index in [0.717, 1.165) is 5.56 Å². The lowest BCUT2D eigenvalue weighted by molar-refractivity contribution is 0.0983. The molecule has 6 heteroatoms. The number of pyridine rings is 1. The molecular weight excluding hydrogens is 312 g/mol. The number of rotatable bonds is 2. The van der Waals surface area contributed by atoms with Crippen molar-refractivity contribution in [1.82, 2.24) is 4.98 Å². The van der Waals surface area contributed by atoms with E-state index in [1.807, 2.05) is 6.92 Å². The van der Waals surface area contributed by atoms with Gasteiger partial charge in [0.05, 0.1) is 16.8 Å². The van der Waals surface area contributed by atoms with Gasteiger partial charge in [-0.15, -0.1) is 0 Å². The summed E-state index contributed by atoms with van der Waals surface area (Å²) in [6.45, 7) is 3.97. The van der Waals surface area contributed by atoms with Crippen LogP contribution in [0.4, 0.5) is 5.69 Å². The number of sulfonamides is 1. The van der Waals surface area contributed by atoms with Crippen molar-refractivity contribution in [2.75, 3.05) is 10.8 Å². The predicted octanol–water partition coefficient (Wildman–Crippen LogP) is 2.87. The summed E-state index contributed by atoms with van der Waals surface area (Å²) < 4.78 is 27.3. The molecule has 0 N–H and O–H groups in total. The van der Waals surface area contributed by atoms with E-state index in [4.69, 9.17) is 0 Å². The minimum absolute atomic E-state index is 0.0351. The van der Waals surface area contributed by atoms with Crippen molar-refractivity contribution in [3.63, 3.8) is 0 Å². The summed E-state index contributed by atoms with van der Waals surface area (Å²) in [5.41, 5.74) is 2.50. The van der Waals surface area contributed by atoms with Gasteiger partial charge in [0.2, 0.25) is 0 Å². The van der Waals surface area contributed by atoms with E-state index in [1.165, 1.54) is 10.5 Å². The lowest BCUT2D eigenvalue weighted by Gasteiger charge is -2.24. The Labute approximate surface area is 136 Å². The maximum atomic E-state index is 13.0. The number of fused-ring (bicyclic) bond motifs is 1. The number of anilines is 1. The molecule has 5 nitrogen and oxygen atoms in total. The van der Waals surface area contributed by atoms with Crippen LogP contribution in [-0.2, 0) is 10.0 Å². The molecule has 0 saturated heterocycles. The number of nitrogens with zero attached hydrogens (tertiary/aromatic N) is 2. The molecule has 1 aromatic carbocycles. The van der Waals surface area contributed by atoms with Crippen molar-refractivity contribution in [1.29, 1.82) is 0 Å². The summed E-state index contributed by atoms with van der Waals surface area (Å²) in [5.74, 6) is -0.0351. The Hall–Kier alpha value is -2.21. The number of carbonyl (C=O) groups is 1. The van der Waals surface area contributed by atoms with Gasteiger partial charge in [0.15, 0.2) is 5.78 Å². The second-order valence-corrected chi connectivity index (χ2v) is 7.62. The molecule has 0 spiro atoms. The van der Waals surface area contributed by atoms with Gasteiger partial charge in [0.1, 0.15) is 0 Å². The van der Waals surface area contributed by atoms with Crippen molar-refractivity contribution in [2.24, 2.45) is 0 Å². The zero-order valence-corrected chi connectivity index (χ0v) is 13.9. The van der Waals surface area contributed by atoms with Crippen LogP contribution < -0.4 is 4.31 Å². The van der Waals surface area contributed by atoms with Crippen LogP contribution in [0.2, 0.25) is 0 Å². The maximum Gasteiger partial charge on any atom is 0.264 e. The van der Waals surface area contributed by atoms with E-state index in [1.54, 1.807) is 37.3 Å². The van der Waals surface area contributed by atoms with Crippen LogP contribution in [0.3, 0.4) is 0 Å². The monoisotopic (exact) mass is 330 g/mol. The minimum atomic E-state index is -3.71. The molecule has 0 radical (unpaired) electrons. The molecule has 23 heavy (non-hydrogen) atoms. The first-order valence-electron chi connectivity index (χ1n) is 7.49. The van der Waals surface area contributed by atoms with Crippen molar-refractivity contribution in [3.05, 3.63) is 53.3 Å². The van der Waals surface area contributed by atoms with Gasteiger partial charge in [-0.2, -0.15) is 0 Å². The molecular formula is C17H18N2O3S. The first-order chi connectivity index (χ1) is 10.9. The van der Waals surface area contributed by atoms with Gasteiger partial charge >= 0.3 is 0 Å².